The van der Waals surface area contributed by atoms with Crippen molar-refractivity contribution in [3.05, 3.63) is 33.9 Å². The van der Waals surface area contributed by atoms with Crippen molar-refractivity contribution in [1.82, 2.24) is 5.43 Å². The van der Waals surface area contributed by atoms with Gasteiger partial charge in [-0.1, -0.05) is 5.43 Å². The Hall–Kier alpha value is -2.64. The zero-order valence-corrected chi connectivity index (χ0v) is 8.54. The minimum Gasteiger partial charge on any atom is -0.454 e. The van der Waals surface area contributed by atoms with Crippen molar-refractivity contribution in [3.63, 3.8) is 0 Å². The first-order valence-corrected chi connectivity index (χ1v) is 4.58. The van der Waals surface area contributed by atoms with Gasteiger partial charge >= 0.3 is 0 Å². The summed E-state index contributed by atoms with van der Waals surface area (Å²) in [6.45, 7) is 0.175. The van der Waals surface area contributed by atoms with Gasteiger partial charge in [-0.25, -0.2) is 15.1 Å². The molecule has 0 unspecified atom stereocenters. The van der Waals surface area contributed by atoms with Gasteiger partial charge in [0.25, 0.3) is 5.96 Å². The molecular weight excluding hydrogens is 228 g/mol. The van der Waals surface area contributed by atoms with Crippen molar-refractivity contribution in [3.8, 4) is 11.5 Å². The smallest absolute Gasteiger partial charge is 0.277 e. The van der Waals surface area contributed by atoms with Crippen LogP contribution in [0.5, 0.6) is 11.5 Å². The summed E-state index contributed by atoms with van der Waals surface area (Å²) in [6, 6.07) is 5.08. The maximum Gasteiger partial charge on any atom is 0.277 e. The van der Waals surface area contributed by atoms with Gasteiger partial charge in [-0.3, -0.25) is 5.41 Å². The zero-order chi connectivity index (χ0) is 12.3. The van der Waals surface area contributed by atoms with E-state index in [4.69, 9.17) is 14.9 Å². The number of benzene rings is 1. The molecule has 1 aliphatic heterocycles. The highest BCUT2D eigenvalue weighted by molar-refractivity contribution is 5.92. The number of aliphatic imine (C=N–C) groups is 1. The molecule has 1 heterocycles. The molecule has 8 heteroatoms. The number of rotatable bonds is 2. The molecule has 8 nitrogen and oxygen atoms in total. The fraction of sp³-hybridized carbons (Fsp3) is 0.111. The van der Waals surface area contributed by atoms with Crippen LogP contribution in [0.2, 0.25) is 0 Å². The zero-order valence-electron chi connectivity index (χ0n) is 8.54. The Morgan fingerprint density at radius 2 is 2.29 bits per heavy atom. The number of nitro groups is 1. The van der Waals surface area contributed by atoms with Crippen LogP contribution in [0.25, 0.3) is 0 Å². The summed E-state index contributed by atoms with van der Waals surface area (Å²) in [5, 5.41) is 16.3. The Morgan fingerprint density at radius 1 is 1.53 bits per heavy atom. The van der Waals surface area contributed by atoms with Gasteiger partial charge in [0, 0.05) is 6.21 Å². The van der Waals surface area contributed by atoms with E-state index in [9.17, 15) is 10.1 Å². The largest absolute Gasteiger partial charge is 0.454 e. The van der Waals surface area contributed by atoms with Crippen LogP contribution in [0.1, 0.15) is 5.56 Å². The maximum absolute atomic E-state index is 10.0. The second-order valence-corrected chi connectivity index (χ2v) is 3.09. The molecule has 0 bridgehead atoms. The summed E-state index contributed by atoms with van der Waals surface area (Å²) in [4.78, 5) is 13.6. The van der Waals surface area contributed by atoms with E-state index in [-0.39, 0.29) is 6.79 Å². The van der Waals surface area contributed by atoms with Gasteiger partial charge in [0.05, 0.1) is 0 Å². The van der Waals surface area contributed by atoms with Crippen LogP contribution in [0.3, 0.4) is 0 Å². The quantitative estimate of drug-likeness (QED) is 0.337. The molecule has 0 amide bonds. The molecule has 2 N–H and O–H groups in total. The van der Waals surface area contributed by atoms with E-state index in [2.05, 4.69) is 4.99 Å². The number of nitrogens with zero attached hydrogens (tertiary/aromatic N) is 2. The normalized spacial score (nSPS) is 12.7. The highest BCUT2D eigenvalue weighted by Gasteiger charge is 2.12. The number of guanidine groups is 1. The first-order valence-electron chi connectivity index (χ1n) is 4.58. The van der Waals surface area contributed by atoms with Crippen LogP contribution in [-0.4, -0.2) is 24.0 Å². The average molecular weight is 236 g/mol. The monoisotopic (exact) mass is 236 g/mol. The van der Waals surface area contributed by atoms with Crippen LogP contribution in [-0.2, 0) is 0 Å². The van der Waals surface area contributed by atoms with Crippen molar-refractivity contribution < 1.29 is 14.5 Å². The van der Waals surface area contributed by atoms with E-state index in [1.165, 1.54) is 6.21 Å². The summed E-state index contributed by atoms with van der Waals surface area (Å²) in [6.07, 6.45) is 1.32. The lowest BCUT2D eigenvalue weighted by atomic mass is 10.2. The highest BCUT2D eigenvalue weighted by atomic mass is 16.7. The summed E-state index contributed by atoms with van der Waals surface area (Å²) >= 11 is 0. The van der Waals surface area contributed by atoms with Crippen LogP contribution < -0.4 is 14.9 Å². The predicted octanol–water partition coefficient (Wildman–Crippen LogP) is 0.550. The Morgan fingerprint density at radius 3 is 3.06 bits per heavy atom. The maximum atomic E-state index is 10.0. The van der Waals surface area contributed by atoms with Gasteiger partial charge in [-0.15, -0.1) is 0 Å². The topological polar surface area (TPSA) is 110 Å². The van der Waals surface area contributed by atoms with Crippen LogP contribution in [0.4, 0.5) is 0 Å². The first-order chi connectivity index (χ1) is 8.15. The van der Waals surface area contributed by atoms with E-state index >= 15 is 0 Å². The molecule has 17 heavy (non-hydrogen) atoms. The molecule has 0 aliphatic carbocycles. The van der Waals surface area contributed by atoms with Crippen molar-refractivity contribution in [2.45, 2.75) is 0 Å². The molecule has 0 radical (unpaired) electrons. The number of hydrogen-bond donors (Lipinski definition) is 2. The van der Waals surface area contributed by atoms with Crippen LogP contribution >= 0.6 is 0 Å². The minimum atomic E-state index is -0.848. The minimum absolute atomic E-state index is 0.175. The third-order valence-electron chi connectivity index (χ3n) is 1.94. The number of hydrazine groups is 1. The van der Waals surface area contributed by atoms with Gasteiger partial charge in [0.2, 0.25) is 6.79 Å². The molecule has 0 fully saturated rings. The SMILES string of the molecule is N=C(/N=C/c1ccc2c(c1)OCO2)N[N+](=O)[O-]. The van der Waals surface area contributed by atoms with E-state index in [1.54, 1.807) is 23.6 Å². The standard InChI is InChI=1S/C9H8N4O4/c10-9(12-13(14)15)11-4-6-1-2-7-8(3-6)17-5-16-7/h1-4H,5H2,(H2,10,12)/b11-4+. The molecule has 88 valence electrons. The van der Waals surface area contributed by atoms with Gasteiger partial charge in [-0.05, 0) is 23.8 Å². The first kappa shape index (κ1) is 10.9. The molecule has 1 aromatic rings. The van der Waals surface area contributed by atoms with Gasteiger partial charge in [-0.2, -0.15) is 0 Å². The van der Waals surface area contributed by atoms with E-state index < -0.39 is 11.0 Å². The van der Waals surface area contributed by atoms with Gasteiger partial charge in [0.15, 0.2) is 16.5 Å². The fourth-order valence-corrected chi connectivity index (χ4v) is 1.25. The van der Waals surface area contributed by atoms with Crippen molar-refractivity contribution in [2.75, 3.05) is 6.79 Å². The number of ether oxygens (including phenoxy) is 2. The number of fused-ring (bicyclic) bond motifs is 1. The highest BCUT2D eigenvalue weighted by Crippen LogP contribution is 2.31. The van der Waals surface area contributed by atoms with E-state index in [0.717, 1.165) is 0 Å². The summed E-state index contributed by atoms with van der Waals surface area (Å²) in [5.74, 6) is 0.677. The average Bonchev–Trinajstić information content (AvgIpc) is 2.72. The van der Waals surface area contributed by atoms with Crippen molar-refractivity contribution in [1.29, 1.82) is 5.41 Å². The number of nitrogens with one attached hydrogen (secondary N) is 2. The van der Waals surface area contributed by atoms with Crippen LogP contribution in [0.15, 0.2) is 23.2 Å². The molecule has 0 aromatic heterocycles. The Balaban J connectivity index is 2.06. The Labute approximate surface area is 95.5 Å². The predicted molar refractivity (Wildman–Crippen MR) is 58.0 cm³/mol. The molecule has 0 saturated carbocycles. The number of hydrogen-bond acceptors (Lipinski definition) is 5. The Kier molecular flexibility index (Phi) is 2.86. The van der Waals surface area contributed by atoms with Crippen molar-refractivity contribution in [2.24, 2.45) is 4.99 Å². The fourth-order valence-electron chi connectivity index (χ4n) is 1.25. The molecule has 1 aromatic carbocycles. The lowest BCUT2D eigenvalue weighted by molar-refractivity contribution is -0.525. The van der Waals surface area contributed by atoms with Gasteiger partial charge < -0.3 is 9.47 Å². The lowest BCUT2D eigenvalue weighted by Crippen LogP contribution is -2.26. The van der Waals surface area contributed by atoms with E-state index in [1.807, 2.05) is 0 Å². The molecule has 2 rings (SSSR count). The van der Waals surface area contributed by atoms with E-state index in [0.29, 0.717) is 17.1 Å². The Bertz CT molecular complexity index is 500. The summed E-state index contributed by atoms with van der Waals surface area (Å²) < 4.78 is 10.3. The lowest BCUT2D eigenvalue weighted by Gasteiger charge is -1.97. The molecule has 0 atom stereocenters. The second kappa shape index (κ2) is 4.47. The summed E-state index contributed by atoms with van der Waals surface area (Å²) in [5.41, 5.74) is 2.27. The molecule has 0 saturated heterocycles. The third kappa shape index (κ3) is 2.68. The van der Waals surface area contributed by atoms with Crippen LogP contribution in [0, 0.1) is 15.5 Å². The molecular formula is C9H8N4O4. The second-order valence-electron chi connectivity index (χ2n) is 3.09. The third-order valence-corrected chi connectivity index (χ3v) is 1.94. The molecule has 0 spiro atoms. The van der Waals surface area contributed by atoms with Crippen molar-refractivity contribution >= 4 is 12.2 Å². The van der Waals surface area contributed by atoms with Gasteiger partial charge in [0.1, 0.15) is 0 Å². The summed E-state index contributed by atoms with van der Waals surface area (Å²) in [7, 11) is 0. The molecule has 1 aliphatic rings.